The van der Waals surface area contributed by atoms with Crippen LogP contribution in [-0.4, -0.2) is 30.9 Å². The highest BCUT2D eigenvalue weighted by molar-refractivity contribution is 5.96. The predicted molar refractivity (Wildman–Crippen MR) is 79.6 cm³/mol. The highest BCUT2D eigenvalue weighted by Crippen LogP contribution is 2.24. The average molecular weight is 260 g/mol. The third-order valence-electron chi connectivity index (χ3n) is 3.90. The molecule has 0 aromatic heterocycles. The van der Waals surface area contributed by atoms with E-state index in [9.17, 15) is 4.79 Å². The standard InChI is InChI=1S/C16H24N2O/c1-11-7-12(2)10-18(9-11)16(19)15-6-5-14(17-4)8-13(15)3/h5-6,8,11-12,17H,7,9-10H2,1-4H3. The second-order valence-electron chi connectivity index (χ2n) is 5.94. The first-order chi connectivity index (χ1) is 9.01. The maximum absolute atomic E-state index is 12.6. The van der Waals surface area contributed by atoms with E-state index in [2.05, 4.69) is 19.2 Å². The quantitative estimate of drug-likeness (QED) is 0.886. The zero-order valence-corrected chi connectivity index (χ0v) is 12.4. The van der Waals surface area contributed by atoms with E-state index in [1.807, 2.05) is 37.1 Å². The van der Waals surface area contributed by atoms with E-state index in [-0.39, 0.29) is 5.91 Å². The van der Waals surface area contributed by atoms with Crippen LogP contribution in [-0.2, 0) is 0 Å². The van der Waals surface area contributed by atoms with Crippen LogP contribution in [0.15, 0.2) is 18.2 Å². The summed E-state index contributed by atoms with van der Waals surface area (Å²) in [4.78, 5) is 14.6. The molecule has 1 aliphatic rings. The minimum absolute atomic E-state index is 0.179. The van der Waals surface area contributed by atoms with Gasteiger partial charge in [0.25, 0.3) is 5.91 Å². The zero-order valence-electron chi connectivity index (χ0n) is 12.4. The van der Waals surface area contributed by atoms with Crippen molar-refractivity contribution in [3.05, 3.63) is 29.3 Å². The molecule has 2 rings (SSSR count). The number of amides is 1. The van der Waals surface area contributed by atoms with Gasteiger partial charge in [-0.05, 0) is 48.9 Å². The maximum atomic E-state index is 12.6. The fourth-order valence-electron chi connectivity index (χ4n) is 3.06. The van der Waals surface area contributed by atoms with E-state index in [0.29, 0.717) is 11.8 Å². The summed E-state index contributed by atoms with van der Waals surface area (Å²) >= 11 is 0. The minimum atomic E-state index is 0.179. The number of nitrogens with one attached hydrogen (secondary N) is 1. The molecule has 104 valence electrons. The van der Waals surface area contributed by atoms with Gasteiger partial charge in [0.1, 0.15) is 0 Å². The van der Waals surface area contributed by atoms with Crippen LogP contribution in [0.4, 0.5) is 5.69 Å². The van der Waals surface area contributed by atoms with E-state index in [1.54, 1.807) is 0 Å². The average Bonchev–Trinajstić information content (AvgIpc) is 2.36. The molecule has 19 heavy (non-hydrogen) atoms. The Kier molecular flexibility index (Phi) is 4.13. The molecule has 1 saturated heterocycles. The maximum Gasteiger partial charge on any atom is 0.254 e. The van der Waals surface area contributed by atoms with Gasteiger partial charge in [0.2, 0.25) is 0 Å². The summed E-state index contributed by atoms with van der Waals surface area (Å²) in [6, 6.07) is 5.94. The summed E-state index contributed by atoms with van der Waals surface area (Å²) in [5, 5.41) is 3.10. The first-order valence-electron chi connectivity index (χ1n) is 7.09. The lowest BCUT2D eigenvalue weighted by Gasteiger charge is -2.35. The first-order valence-corrected chi connectivity index (χ1v) is 7.09. The van der Waals surface area contributed by atoms with Crippen molar-refractivity contribution >= 4 is 11.6 Å². The van der Waals surface area contributed by atoms with Crippen LogP contribution in [0.1, 0.15) is 36.2 Å². The Morgan fingerprint density at radius 3 is 2.42 bits per heavy atom. The number of nitrogens with zero attached hydrogens (tertiary/aromatic N) is 1. The molecule has 1 N–H and O–H groups in total. The predicted octanol–water partition coefficient (Wildman–Crippen LogP) is 3.15. The second kappa shape index (κ2) is 5.64. The molecule has 1 fully saturated rings. The van der Waals surface area contributed by atoms with E-state index < -0.39 is 0 Å². The number of carbonyl (C=O) groups excluding carboxylic acids is 1. The van der Waals surface area contributed by atoms with Crippen LogP contribution in [0.5, 0.6) is 0 Å². The minimum Gasteiger partial charge on any atom is -0.388 e. The Bertz CT molecular complexity index is 460. The molecule has 1 aromatic rings. The normalized spacial score (nSPS) is 23.3. The fraction of sp³-hybridized carbons (Fsp3) is 0.562. The van der Waals surface area contributed by atoms with Gasteiger partial charge in [-0.3, -0.25) is 4.79 Å². The lowest BCUT2D eigenvalue weighted by atomic mass is 9.91. The van der Waals surface area contributed by atoms with Crippen molar-refractivity contribution in [1.29, 1.82) is 0 Å². The number of piperidine rings is 1. The van der Waals surface area contributed by atoms with Gasteiger partial charge in [-0.2, -0.15) is 0 Å². The van der Waals surface area contributed by atoms with Crippen molar-refractivity contribution in [3.63, 3.8) is 0 Å². The molecule has 1 aliphatic heterocycles. The number of benzene rings is 1. The van der Waals surface area contributed by atoms with Crippen LogP contribution >= 0.6 is 0 Å². The summed E-state index contributed by atoms with van der Waals surface area (Å²) in [7, 11) is 1.89. The molecule has 0 bridgehead atoms. The van der Waals surface area contributed by atoms with Gasteiger partial charge in [-0.1, -0.05) is 13.8 Å². The van der Waals surface area contributed by atoms with Crippen LogP contribution in [0.3, 0.4) is 0 Å². The SMILES string of the molecule is CNc1ccc(C(=O)N2CC(C)CC(C)C2)c(C)c1. The molecule has 0 spiro atoms. The van der Waals surface area contributed by atoms with E-state index in [0.717, 1.165) is 29.9 Å². The largest absolute Gasteiger partial charge is 0.388 e. The summed E-state index contributed by atoms with van der Waals surface area (Å²) in [5.74, 6) is 1.38. The van der Waals surface area contributed by atoms with Gasteiger partial charge in [-0.15, -0.1) is 0 Å². The Morgan fingerprint density at radius 2 is 1.89 bits per heavy atom. The molecule has 1 amide bonds. The van der Waals surface area contributed by atoms with E-state index >= 15 is 0 Å². The number of anilines is 1. The summed E-state index contributed by atoms with van der Waals surface area (Å²) < 4.78 is 0. The third kappa shape index (κ3) is 3.09. The van der Waals surface area contributed by atoms with Crippen LogP contribution < -0.4 is 5.32 Å². The second-order valence-corrected chi connectivity index (χ2v) is 5.94. The Labute approximate surface area is 116 Å². The van der Waals surface area contributed by atoms with Crippen LogP contribution in [0.2, 0.25) is 0 Å². The van der Waals surface area contributed by atoms with Gasteiger partial charge in [0, 0.05) is 31.4 Å². The lowest BCUT2D eigenvalue weighted by molar-refractivity contribution is 0.0622. The van der Waals surface area contributed by atoms with Gasteiger partial charge in [0.05, 0.1) is 0 Å². The number of hydrogen-bond acceptors (Lipinski definition) is 2. The smallest absolute Gasteiger partial charge is 0.254 e. The third-order valence-corrected chi connectivity index (χ3v) is 3.90. The van der Waals surface area contributed by atoms with Crippen molar-refractivity contribution < 1.29 is 4.79 Å². The Balaban J connectivity index is 2.19. The van der Waals surface area contributed by atoms with Crippen molar-refractivity contribution in [3.8, 4) is 0 Å². The molecule has 0 saturated carbocycles. The monoisotopic (exact) mass is 260 g/mol. The molecule has 0 aliphatic carbocycles. The van der Waals surface area contributed by atoms with Gasteiger partial charge in [0.15, 0.2) is 0 Å². The number of likely N-dealkylation sites (tertiary alicyclic amines) is 1. The van der Waals surface area contributed by atoms with Crippen molar-refractivity contribution in [1.82, 2.24) is 4.90 Å². The molecule has 2 atom stereocenters. The summed E-state index contributed by atoms with van der Waals surface area (Å²) in [5.41, 5.74) is 2.93. The molecular weight excluding hydrogens is 236 g/mol. The Hall–Kier alpha value is -1.51. The molecule has 3 nitrogen and oxygen atoms in total. The number of carbonyl (C=O) groups is 1. The zero-order chi connectivity index (χ0) is 14.0. The molecular formula is C16H24N2O. The van der Waals surface area contributed by atoms with Gasteiger partial charge in [-0.25, -0.2) is 0 Å². The highest BCUT2D eigenvalue weighted by Gasteiger charge is 2.26. The molecule has 0 radical (unpaired) electrons. The number of aryl methyl sites for hydroxylation is 1. The summed E-state index contributed by atoms with van der Waals surface area (Å²) in [6.45, 7) is 8.23. The van der Waals surface area contributed by atoms with E-state index in [1.165, 1.54) is 6.42 Å². The van der Waals surface area contributed by atoms with Gasteiger partial charge >= 0.3 is 0 Å². The van der Waals surface area contributed by atoms with Crippen molar-refractivity contribution in [2.45, 2.75) is 27.2 Å². The molecule has 2 unspecified atom stereocenters. The molecule has 3 heteroatoms. The van der Waals surface area contributed by atoms with Crippen molar-refractivity contribution in [2.24, 2.45) is 11.8 Å². The van der Waals surface area contributed by atoms with Crippen LogP contribution in [0.25, 0.3) is 0 Å². The number of rotatable bonds is 2. The van der Waals surface area contributed by atoms with Crippen molar-refractivity contribution in [2.75, 3.05) is 25.5 Å². The number of hydrogen-bond donors (Lipinski definition) is 1. The summed E-state index contributed by atoms with van der Waals surface area (Å²) in [6.07, 6.45) is 1.22. The molecule has 1 heterocycles. The van der Waals surface area contributed by atoms with E-state index in [4.69, 9.17) is 0 Å². The fourth-order valence-corrected chi connectivity index (χ4v) is 3.06. The lowest BCUT2D eigenvalue weighted by Crippen LogP contribution is -2.42. The first kappa shape index (κ1) is 13.9. The molecule has 1 aromatic carbocycles. The topological polar surface area (TPSA) is 32.3 Å². The highest BCUT2D eigenvalue weighted by atomic mass is 16.2. The van der Waals surface area contributed by atoms with Crippen LogP contribution in [0, 0.1) is 18.8 Å². The van der Waals surface area contributed by atoms with Gasteiger partial charge < -0.3 is 10.2 Å². The Morgan fingerprint density at radius 1 is 1.26 bits per heavy atom.